The van der Waals surface area contributed by atoms with Crippen LogP contribution in [0.1, 0.15) is 45.9 Å². The third-order valence-corrected chi connectivity index (χ3v) is 7.29. The van der Waals surface area contributed by atoms with Crippen molar-refractivity contribution in [2.75, 3.05) is 32.8 Å². The van der Waals surface area contributed by atoms with Gasteiger partial charge in [-0.3, -0.25) is 9.59 Å². The van der Waals surface area contributed by atoms with Gasteiger partial charge >= 0.3 is 0 Å². The van der Waals surface area contributed by atoms with E-state index in [2.05, 4.69) is 12.2 Å². The second-order valence-electron chi connectivity index (χ2n) is 8.45. The zero-order chi connectivity index (χ0) is 25.1. The summed E-state index contributed by atoms with van der Waals surface area (Å²) in [6.07, 6.45) is 2.94. The van der Waals surface area contributed by atoms with Crippen molar-refractivity contribution < 1.29 is 19.1 Å². The standard InChI is InChI=1S/C28H30N2O4S/c1-6-17-7-11-19(12-8-17)29-27(31)25-21-15-23(33-3)24(34-4)16-22(21)28(32)30(2)26(25)18-9-13-20(35-5)14-10-18/h7-16,25-26H,6H2,1-5H3,(H,29,31)/t25-,26-/m1/s1. The molecule has 0 aliphatic carbocycles. The van der Waals surface area contributed by atoms with E-state index in [-0.39, 0.29) is 11.8 Å². The predicted molar refractivity (Wildman–Crippen MR) is 140 cm³/mol. The molecule has 6 nitrogen and oxygen atoms in total. The normalized spacial score (nSPS) is 17.1. The average molecular weight is 491 g/mol. The summed E-state index contributed by atoms with van der Waals surface area (Å²) in [6.45, 7) is 2.09. The Labute approximate surface area is 210 Å². The molecule has 4 rings (SSSR count). The van der Waals surface area contributed by atoms with Gasteiger partial charge in [0.25, 0.3) is 5.91 Å². The van der Waals surface area contributed by atoms with E-state index in [0.717, 1.165) is 16.9 Å². The number of hydrogen-bond donors (Lipinski definition) is 1. The Morgan fingerprint density at radius 3 is 2.20 bits per heavy atom. The predicted octanol–water partition coefficient (Wildman–Crippen LogP) is 5.54. The Hall–Kier alpha value is -3.45. The first-order valence-corrected chi connectivity index (χ1v) is 12.7. The van der Waals surface area contributed by atoms with Gasteiger partial charge < -0.3 is 19.7 Å². The van der Waals surface area contributed by atoms with Crippen molar-refractivity contribution in [1.82, 2.24) is 4.90 Å². The van der Waals surface area contributed by atoms with Crippen LogP contribution in [0.15, 0.2) is 65.6 Å². The van der Waals surface area contributed by atoms with Crippen molar-refractivity contribution >= 4 is 29.3 Å². The van der Waals surface area contributed by atoms with Gasteiger partial charge in [0.05, 0.1) is 26.2 Å². The average Bonchev–Trinajstić information content (AvgIpc) is 2.90. The molecule has 1 N–H and O–H groups in total. The number of benzene rings is 3. The minimum absolute atomic E-state index is 0.170. The fraction of sp³-hybridized carbons (Fsp3) is 0.286. The molecule has 2 amide bonds. The Kier molecular flexibility index (Phi) is 7.36. The molecule has 35 heavy (non-hydrogen) atoms. The SMILES string of the molecule is CCc1ccc(NC(=O)[C@@H]2c3cc(OC)c(OC)cc3C(=O)N(C)[C@@H]2c2ccc(SC)cc2)cc1. The third-order valence-electron chi connectivity index (χ3n) is 6.54. The maximum Gasteiger partial charge on any atom is 0.254 e. The van der Waals surface area contributed by atoms with Crippen LogP contribution in [0, 0.1) is 0 Å². The Morgan fingerprint density at radius 1 is 1.00 bits per heavy atom. The van der Waals surface area contributed by atoms with E-state index in [1.54, 1.807) is 43.0 Å². The molecule has 0 saturated carbocycles. The van der Waals surface area contributed by atoms with Crippen LogP contribution in [0.5, 0.6) is 11.5 Å². The highest BCUT2D eigenvalue weighted by Gasteiger charge is 2.43. The lowest BCUT2D eigenvalue weighted by atomic mass is 9.79. The van der Waals surface area contributed by atoms with Crippen molar-refractivity contribution in [1.29, 1.82) is 0 Å². The van der Waals surface area contributed by atoms with E-state index in [0.29, 0.717) is 28.3 Å². The maximum atomic E-state index is 13.9. The number of nitrogens with one attached hydrogen (secondary N) is 1. The highest BCUT2D eigenvalue weighted by molar-refractivity contribution is 7.98. The largest absolute Gasteiger partial charge is 0.493 e. The lowest BCUT2D eigenvalue weighted by Gasteiger charge is -2.40. The highest BCUT2D eigenvalue weighted by atomic mass is 32.2. The first kappa shape index (κ1) is 24.7. The van der Waals surface area contributed by atoms with Crippen molar-refractivity contribution in [2.24, 2.45) is 0 Å². The quantitative estimate of drug-likeness (QED) is 0.441. The van der Waals surface area contributed by atoms with E-state index in [1.165, 1.54) is 12.7 Å². The van der Waals surface area contributed by atoms with Gasteiger partial charge in [0.2, 0.25) is 5.91 Å². The number of ether oxygens (including phenoxy) is 2. The van der Waals surface area contributed by atoms with Gasteiger partial charge in [-0.05, 0) is 65.8 Å². The number of carbonyl (C=O) groups excluding carboxylic acids is 2. The van der Waals surface area contributed by atoms with Gasteiger partial charge in [-0.25, -0.2) is 0 Å². The Bertz CT molecular complexity index is 1220. The summed E-state index contributed by atoms with van der Waals surface area (Å²) in [6, 6.07) is 18.8. The summed E-state index contributed by atoms with van der Waals surface area (Å²) in [7, 11) is 4.82. The van der Waals surface area contributed by atoms with Crippen molar-refractivity contribution in [3.8, 4) is 11.5 Å². The molecule has 0 unspecified atom stereocenters. The first-order chi connectivity index (χ1) is 16.9. The number of amides is 2. The van der Waals surface area contributed by atoms with Crippen LogP contribution in [-0.2, 0) is 11.2 Å². The molecule has 3 aromatic carbocycles. The van der Waals surface area contributed by atoms with Crippen LogP contribution in [0.4, 0.5) is 5.69 Å². The summed E-state index contributed by atoms with van der Waals surface area (Å²) >= 11 is 1.64. The lowest BCUT2D eigenvalue weighted by molar-refractivity contribution is -0.119. The molecule has 1 heterocycles. The number of aryl methyl sites for hydroxylation is 1. The van der Waals surface area contributed by atoms with Crippen LogP contribution in [0.2, 0.25) is 0 Å². The van der Waals surface area contributed by atoms with Crippen molar-refractivity contribution in [2.45, 2.75) is 30.2 Å². The second-order valence-corrected chi connectivity index (χ2v) is 9.33. The number of nitrogens with zero attached hydrogens (tertiary/aromatic N) is 1. The summed E-state index contributed by atoms with van der Waals surface area (Å²) in [5, 5.41) is 3.07. The van der Waals surface area contributed by atoms with E-state index >= 15 is 0 Å². The zero-order valence-electron chi connectivity index (χ0n) is 20.6. The summed E-state index contributed by atoms with van der Waals surface area (Å²) < 4.78 is 11.0. The number of hydrogen-bond acceptors (Lipinski definition) is 5. The topological polar surface area (TPSA) is 67.9 Å². The fourth-order valence-corrected chi connectivity index (χ4v) is 5.00. The Balaban J connectivity index is 1.84. The minimum atomic E-state index is -0.654. The van der Waals surface area contributed by atoms with Crippen molar-refractivity contribution in [3.05, 3.63) is 82.9 Å². The van der Waals surface area contributed by atoms with Crippen molar-refractivity contribution in [3.63, 3.8) is 0 Å². The summed E-state index contributed by atoms with van der Waals surface area (Å²) in [4.78, 5) is 30.1. The smallest absolute Gasteiger partial charge is 0.254 e. The van der Waals surface area contributed by atoms with Gasteiger partial charge in [0.1, 0.15) is 0 Å². The molecule has 1 aliphatic heterocycles. The number of thioether (sulfide) groups is 1. The molecular formula is C28H30N2O4S. The Morgan fingerprint density at radius 2 is 1.63 bits per heavy atom. The summed E-state index contributed by atoms with van der Waals surface area (Å²) in [5.41, 5.74) is 3.85. The van der Waals surface area contributed by atoms with E-state index in [1.807, 2.05) is 54.8 Å². The molecule has 0 spiro atoms. The molecule has 7 heteroatoms. The van der Waals surface area contributed by atoms with Gasteiger partial charge in [0, 0.05) is 23.2 Å². The third kappa shape index (κ3) is 4.73. The molecular weight excluding hydrogens is 460 g/mol. The molecule has 182 valence electrons. The highest BCUT2D eigenvalue weighted by Crippen LogP contribution is 2.46. The molecule has 0 fully saturated rings. The summed E-state index contributed by atoms with van der Waals surface area (Å²) in [5.74, 6) is -0.0917. The number of rotatable bonds is 7. The van der Waals surface area contributed by atoms with E-state index in [4.69, 9.17) is 9.47 Å². The molecule has 1 aliphatic rings. The van der Waals surface area contributed by atoms with Crippen LogP contribution < -0.4 is 14.8 Å². The van der Waals surface area contributed by atoms with Crippen LogP contribution in [-0.4, -0.2) is 44.2 Å². The number of anilines is 1. The molecule has 3 aromatic rings. The number of carbonyl (C=O) groups is 2. The van der Waals surface area contributed by atoms with Crippen LogP contribution in [0.3, 0.4) is 0 Å². The van der Waals surface area contributed by atoms with Crippen LogP contribution >= 0.6 is 11.8 Å². The van der Waals surface area contributed by atoms with Crippen LogP contribution in [0.25, 0.3) is 0 Å². The second kappa shape index (κ2) is 10.4. The van der Waals surface area contributed by atoms with Gasteiger partial charge in [-0.1, -0.05) is 31.2 Å². The van der Waals surface area contributed by atoms with Gasteiger partial charge in [0.15, 0.2) is 11.5 Å². The van der Waals surface area contributed by atoms with Gasteiger partial charge in [-0.15, -0.1) is 11.8 Å². The molecule has 0 saturated heterocycles. The first-order valence-electron chi connectivity index (χ1n) is 11.5. The number of methoxy groups -OCH3 is 2. The van der Waals surface area contributed by atoms with E-state index < -0.39 is 12.0 Å². The lowest BCUT2D eigenvalue weighted by Crippen LogP contribution is -2.44. The number of likely N-dealkylation sites (N-methyl/N-ethyl adjacent to an activating group) is 1. The fourth-order valence-electron chi connectivity index (χ4n) is 4.59. The van der Waals surface area contributed by atoms with Gasteiger partial charge in [-0.2, -0.15) is 0 Å². The molecule has 0 radical (unpaired) electrons. The maximum absolute atomic E-state index is 13.9. The molecule has 2 atom stereocenters. The minimum Gasteiger partial charge on any atom is -0.493 e. The monoisotopic (exact) mass is 490 g/mol. The zero-order valence-corrected chi connectivity index (χ0v) is 21.4. The molecule has 0 aromatic heterocycles. The van der Waals surface area contributed by atoms with E-state index in [9.17, 15) is 9.59 Å². The number of fused-ring (bicyclic) bond motifs is 1. The molecule has 0 bridgehead atoms.